The van der Waals surface area contributed by atoms with Gasteiger partial charge in [-0.1, -0.05) is 0 Å². The van der Waals surface area contributed by atoms with Gasteiger partial charge in [-0.2, -0.15) is 0 Å². The van der Waals surface area contributed by atoms with Crippen LogP contribution in [0.15, 0.2) is 18.2 Å². The molecule has 1 aromatic rings. The number of carbonyl (C=O) groups excluding carboxylic acids is 5. The summed E-state index contributed by atoms with van der Waals surface area (Å²) in [6.07, 6.45) is 0.184. The largest absolute Gasteiger partial charge is 0.310 e. The smallest absolute Gasteiger partial charge is 0.262 e. The number of imide groups is 2. The van der Waals surface area contributed by atoms with E-state index in [1.165, 1.54) is 12.1 Å². The van der Waals surface area contributed by atoms with Gasteiger partial charge in [0.05, 0.1) is 17.7 Å². The lowest BCUT2D eigenvalue weighted by Gasteiger charge is -2.28. The molecule has 5 amide bonds. The molecule has 1 atom stereocenters. The number of piperazine rings is 1. The van der Waals surface area contributed by atoms with E-state index in [0.29, 0.717) is 18.8 Å². The fourth-order valence-electron chi connectivity index (χ4n) is 3.51. The lowest BCUT2D eigenvalue weighted by Crippen LogP contribution is -2.54. The first kappa shape index (κ1) is 16.4. The Labute approximate surface area is 148 Å². The lowest BCUT2D eigenvalue weighted by atomic mass is 10.0. The first-order valence-electron chi connectivity index (χ1n) is 8.34. The molecule has 0 saturated carbocycles. The molecular formula is C17H16N4O5. The number of nitrogens with zero attached hydrogens (tertiary/aromatic N) is 2. The van der Waals surface area contributed by atoms with Gasteiger partial charge in [0.25, 0.3) is 11.8 Å². The molecule has 1 unspecified atom stereocenters. The highest BCUT2D eigenvalue weighted by atomic mass is 16.2. The third-order valence-electron chi connectivity index (χ3n) is 4.82. The Morgan fingerprint density at radius 1 is 1.00 bits per heavy atom. The van der Waals surface area contributed by atoms with E-state index in [-0.39, 0.29) is 36.4 Å². The maximum absolute atomic E-state index is 12.8. The van der Waals surface area contributed by atoms with E-state index in [4.69, 9.17) is 0 Å². The molecule has 2 fully saturated rings. The molecule has 134 valence electrons. The molecule has 3 aliphatic rings. The monoisotopic (exact) mass is 356 g/mol. The maximum Gasteiger partial charge on any atom is 0.262 e. The van der Waals surface area contributed by atoms with E-state index in [1.807, 2.05) is 0 Å². The Bertz CT molecular complexity index is 865. The van der Waals surface area contributed by atoms with Crippen LogP contribution in [0.4, 0.5) is 5.69 Å². The van der Waals surface area contributed by atoms with E-state index >= 15 is 0 Å². The lowest BCUT2D eigenvalue weighted by molar-refractivity contribution is -0.136. The Morgan fingerprint density at radius 2 is 1.77 bits per heavy atom. The second-order valence-electron chi connectivity index (χ2n) is 6.40. The molecule has 4 rings (SSSR count). The van der Waals surface area contributed by atoms with Crippen LogP contribution >= 0.6 is 0 Å². The number of fused-ring (bicyclic) bond motifs is 1. The molecule has 0 spiro atoms. The van der Waals surface area contributed by atoms with Crippen LogP contribution in [0.2, 0.25) is 0 Å². The van der Waals surface area contributed by atoms with Gasteiger partial charge in [0.1, 0.15) is 6.04 Å². The number of amides is 5. The summed E-state index contributed by atoms with van der Waals surface area (Å²) in [5.74, 6) is -2.31. The van der Waals surface area contributed by atoms with E-state index < -0.39 is 29.7 Å². The summed E-state index contributed by atoms with van der Waals surface area (Å²) in [6.45, 7) is 1.32. The number of benzene rings is 1. The van der Waals surface area contributed by atoms with Gasteiger partial charge in [-0.15, -0.1) is 0 Å². The van der Waals surface area contributed by atoms with Crippen LogP contribution in [0.25, 0.3) is 0 Å². The van der Waals surface area contributed by atoms with Crippen molar-refractivity contribution in [2.45, 2.75) is 18.9 Å². The second-order valence-corrected chi connectivity index (χ2v) is 6.40. The van der Waals surface area contributed by atoms with Gasteiger partial charge in [-0.05, 0) is 24.6 Å². The first-order chi connectivity index (χ1) is 12.5. The summed E-state index contributed by atoms with van der Waals surface area (Å²) in [4.78, 5) is 63.3. The van der Waals surface area contributed by atoms with Crippen molar-refractivity contribution in [2.24, 2.45) is 0 Å². The normalized spacial score (nSPS) is 23.4. The fraction of sp³-hybridized carbons (Fsp3) is 0.353. The summed E-state index contributed by atoms with van der Waals surface area (Å²) < 4.78 is 0. The van der Waals surface area contributed by atoms with Crippen molar-refractivity contribution in [3.8, 4) is 0 Å². The molecular weight excluding hydrogens is 340 g/mol. The van der Waals surface area contributed by atoms with Gasteiger partial charge >= 0.3 is 0 Å². The topological polar surface area (TPSA) is 116 Å². The van der Waals surface area contributed by atoms with Crippen LogP contribution < -0.4 is 15.5 Å². The maximum atomic E-state index is 12.8. The van der Waals surface area contributed by atoms with Crippen LogP contribution in [0.1, 0.15) is 33.6 Å². The Kier molecular flexibility index (Phi) is 3.80. The summed E-state index contributed by atoms with van der Waals surface area (Å²) >= 11 is 0. The number of anilines is 1. The van der Waals surface area contributed by atoms with Gasteiger partial charge < -0.3 is 10.2 Å². The molecule has 9 nitrogen and oxygen atoms in total. The SMILES string of the molecule is O=C1CCC(N2C(=O)c3ccc(N4CCNCC4=O)cc3C2=O)C(=O)N1. The highest BCUT2D eigenvalue weighted by Crippen LogP contribution is 2.30. The van der Waals surface area contributed by atoms with Crippen molar-refractivity contribution in [3.05, 3.63) is 29.3 Å². The summed E-state index contributed by atoms with van der Waals surface area (Å²) in [7, 11) is 0. The summed E-state index contributed by atoms with van der Waals surface area (Å²) in [5.41, 5.74) is 0.913. The van der Waals surface area contributed by atoms with Crippen LogP contribution in [-0.2, 0) is 14.4 Å². The van der Waals surface area contributed by atoms with Crippen molar-refractivity contribution >= 4 is 35.2 Å². The van der Waals surface area contributed by atoms with E-state index in [0.717, 1.165) is 4.90 Å². The van der Waals surface area contributed by atoms with Gasteiger partial charge in [-0.25, -0.2) is 0 Å². The molecule has 0 aromatic heterocycles. The number of hydrogen-bond donors (Lipinski definition) is 2. The number of piperidine rings is 1. The molecule has 3 heterocycles. The van der Waals surface area contributed by atoms with E-state index in [9.17, 15) is 24.0 Å². The van der Waals surface area contributed by atoms with Crippen LogP contribution in [-0.4, -0.2) is 60.1 Å². The molecule has 2 N–H and O–H groups in total. The minimum absolute atomic E-state index is 0.0738. The average molecular weight is 356 g/mol. The van der Waals surface area contributed by atoms with Gasteiger partial charge in [0.2, 0.25) is 17.7 Å². The predicted molar refractivity (Wildman–Crippen MR) is 88.3 cm³/mol. The number of rotatable bonds is 2. The Morgan fingerprint density at radius 3 is 2.50 bits per heavy atom. The molecule has 0 bridgehead atoms. The van der Waals surface area contributed by atoms with Gasteiger partial charge in [0, 0.05) is 25.2 Å². The van der Waals surface area contributed by atoms with Crippen molar-refractivity contribution in [1.29, 1.82) is 0 Å². The standard InChI is InChI=1S/C17H16N4O5/c22-13-4-3-12(15(24)19-13)21-16(25)10-2-1-9(7-11(10)17(21)26)20-6-5-18-8-14(20)23/h1-2,7,12,18H,3-6,8H2,(H,19,22,24). The van der Waals surface area contributed by atoms with Crippen LogP contribution in [0.3, 0.4) is 0 Å². The predicted octanol–water partition coefficient (Wildman–Crippen LogP) is -0.976. The zero-order chi connectivity index (χ0) is 18.4. The number of carbonyl (C=O) groups is 5. The van der Waals surface area contributed by atoms with Gasteiger partial charge in [0.15, 0.2) is 0 Å². The molecule has 0 aliphatic carbocycles. The van der Waals surface area contributed by atoms with Gasteiger partial charge in [-0.3, -0.25) is 34.2 Å². The molecule has 3 aliphatic heterocycles. The Hall–Kier alpha value is -3.07. The molecule has 26 heavy (non-hydrogen) atoms. The number of nitrogens with one attached hydrogen (secondary N) is 2. The summed E-state index contributed by atoms with van der Waals surface area (Å²) in [5, 5.41) is 5.13. The molecule has 0 radical (unpaired) electrons. The third kappa shape index (κ3) is 2.48. The van der Waals surface area contributed by atoms with Crippen molar-refractivity contribution in [1.82, 2.24) is 15.5 Å². The van der Waals surface area contributed by atoms with E-state index in [1.54, 1.807) is 11.0 Å². The van der Waals surface area contributed by atoms with Crippen molar-refractivity contribution in [2.75, 3.05) is 24.5 Å². The van der Waals surface area contributed by atoms with E-state index in [2.05, 4.69) is 10.6 Å². The fourth-order valence-corrected chi connectivity index (χ4v) is 3.51. The van der Waals surface area contributed by atoms with Crippen molar-refractivity contribution < 1.29 is 24.0 Å². The first-order valence-corrected chi connectivity index (χ1v) is 8.34. The molecule has 2 saturated heterocycles. The third-order valence-corrected chi connectivity index (χ3v) is 4.82. The molecule has 1 aromatic carbocycles. The minimum atomic E-state index is -0.996. The van der Waals surface area contributed by atoms with Crippen molar-refractivity contribution in [3.63, 3.8) is 0 Å². The minimum Gasteiger partial charge on any atom is -0.310 e. The quantitative estimate of drug-likeness (QED) is 0.659. The summed E-state index contributed by atoms with van der Waals surface area (Å²) in [6, 6.07) is 3.65. The number of hydrogen-bond acceptors (Lipinski definition) is 6. The van der Waals surface area contributed by atoms with Crippen LogP contribution in [0, 0.1) is 0 Å². The zero-order valence-corrected chi connectivity index (χ0v) is 13.8. The highest BCUT2D eigenvalue weighted by Gasteiger charge is 2.44. The molecule has 9 heteroatoms. The Balaban J connectivity index is 1.65. The highest BCUT2D eigenvalue weighted by molar-refractivity contribution is 6.24. The average Bonchev–Trinajstić information content (AvgIpc) is 2.86. The zero-order valence-electron chi connectivity index (χ0n) is 13.8. The van der Waals surface area contributed by atoms with Crippen LogP contribution in [0.5, 0.6) is 0 Å². The second kappa shape index (κ2) is 6.03.